The Morgan fingerprint density at radius 3 is 2.75 bits per heavy atom. The molecule has 0 radical (unpaired) electrons. The lowest BCUT2D eigenvalue weighted by molar-refractivity contribution is 0.0600. The number of hydrogen-bond acceptors (Lipinski definition) is 3. The lowest BCUT2D eigenvalue weighted by atomic mass is 9.72. The van der Waals surface area contributed by atoms with Gasteiger partial charge in [-0.25, -0.2) is 9.18 Å². The Morgan fingerprint density at radius 1 is 1.33 bits per heavy atom. The van der Waals surface area contributed by atoms with E-state index in [1.54, 1.807) is 0 Å². The third kappa shape index (κ3) is 3.05. The summed E-state index contributed by atoms with van der Waals surface area (Å²) in [7, 11) is 1.30. The first-order valence-electron chi connectivity index (χ1n) is 7.74. The molecule has 0 aromatic heterocycles. The van der Waals surface area contributed by atoms with E-state index in [-0.39, 0.29) is 17.0 Å². The van der Waals surface area contributed by atoms with Crippen LogP contribution in [0, 0.1) is 11.2 Å². The molecule has 0 saturated heterocycles. The molecule has 1 aliphatic rings. The van der Waals surface area contributed by atoms with Crippen LogP contribution in [0.15, 0.2) is 40.9 Å². The lowest BCUT2D eigenvalue weighted by Crippen LogP contribution is -2.36. The summed E-state index contributed by atoms with van der Waals surface area (Å²) < 4.78 is 19.7. The number of esters is 1. The first kappa shape index (κ1) is 17.0. The van der Waals surface area contributed by atoms with Crippen molar-refractivity contribution in [2.24, 2.45) is 5.41 Å². The van der Waals surface area contributed by atoms with Crippen molar-refractivity contribution < 1.29 is 13.9 Å². The minimum absolute atomic E-state index is 0.00336. The molecule has 5 heteroatoms. The van der Waals surface area contributed by atoms with Crippen LogP contribution < -0.4 is 5.32 Å². The summed E-state index contributed by atoms with van der Waals surface area (Å²) in [5.41, 5.74) is 2.66. The van der Waals surface area contributed by atoms with Gasteiger partial charge in [0.1, 0.15) is 5.82 Å². The van der Waals surface area contributed by atoms with Crippen LogP contribution in [-0.2, 0) is 11.2 Å². The maximum Gasteiger partial charge on any atom is 0.340 e. The van der Waals surface area contributed by atoms with E-state index in [1.165, 1.54) is 19.2 Å². The molecule has 0 saturated carbocycles. The van der Waals surface area contributed by atoms with Crippen molar-refractivity contribution >= 4 is 27.6 Å². The molecule has 1 heterocycles. The smallest absolute Gasteiger partial charge is 0.340 e. The summed E-state index contributed by atoms with van der Waals surface area (Å²) in [6.45, 7) is 4.27. The van der Waals surface area contributed by atoms with Crippen LogP contribution in [0.2, 0.25) is 0 Å². The second-order valence-electron chi connectivity index (χ2n) is 6.78. The topological polar surface area (TPSA) is 38.3 Å². The summed E-state index contributed by atoms with van der Waals surface area (Å²) >= 11 is 3.50. The Kier molecular flexibility index (Phi) is 4.38. The molecule has 0 bridgehead atoms. The maximum absolute atomic E-state index is 13.9. The second-order valence-corrected chi connectivity index (χ2v) is 7.69. The summed E-state index contributed by atoms with van der Waals surface area (Å²) in [4.78, 5) is 12.1. The van der Waals surface area contributed by atoms with Gasteiger partial charge in [-0.2, -0.15) is 0 Å². The molecule has 0 fully saturated rings. The normalized spacial score (nSPS) is 18.5. The number of anilines is 1. The van der Waals surface area contributed by atoms with Crippen LogP contribution in [0.5, 0.6) is 0 Å². The molecule has 1 N–H and O–H groups in total. The van der Waals surface area contributed by atoms with E-state index in [1.807, 2.05) is 12.1 Å². The highest BCUT2D eigenvalue weighted by atomic mass is 79.9. The zero-order chi connectivity index (χ0) is 17.5. The van der Waals surface area contributed by atoms with E-state index in [4.69, 9.17) is 4.74 Å². The third-order valence-corrected chi connectivity index (χ3v) is 4.98. The molecule has 126 valence electrons. The van der Waals surface area contributed by atoms with E-state index in [0.29, 0.717) is 12.1 Å². The van der Waals surface area contributed by atoms with Crippen LogP contribution in [0.3, 0.4) is 0 Å². The molecule has 1 atom stereocenters. The molecule has 0 spiro atoms. The highest BCUT2D eigenvalue weighted by Crippen LogP contribution is 2.46. The lowest BCUT2D eigenvalue weighted by Gasteiger charge is -2.42. The van der Waals surface area contributed by atoms with Gasteiger partial charge in [0.15, 0.2) is 0 Å². The van der Waals surface area contributed by atoms with Gasteiger partial charge < -0.3 is 10.1 Å². The minimum Gasteiger partial charge on any atom is -0.465 e. The zero-order valence-corrected chi connectivity index (χ0v) is 15.4. The van der Waals surface area contributed by atoms with Crippen LogP contribution in [0.4, 0.5) is 10.1 Å². The van der Waals surface area contributed by atoms with E-state index in [2.05, 4.69) is 47.2 Å². The number of carbonyl (C=O) groups excluding carboxylic acids is 1. The summed E-state index contributed by atoms with van der Waals surface area (Å²) in [6.07, 6.45) is 0.661. The van der Waals surface area contributed by atoms with Crippen molar-refractivity contribution in [1.29, 1.82) is 0 Å². The number of ether oxygens (including phenoxy) is 1. The molecule has 0 aliphatic carbocycles. The summed E-state index contributed by atoms with van der Waals surface area (Å²) in [5, 5.41) is 3.45. The minimum atomic E-state index is -0.536. The molecule has 2 aromatic rings. The van der Waals surface area contributed by atoms with Gasteiger partial charge in [0.05, 0.1) is 24.4 Å². The number of benzene rings is 2. The van der Waals surface area contributed by atoms with E-state index in [0.717, 1.165) is 15.6 Å². The molecule has 3 nitrogen and oxygen atoms in total. The van der Waals surface area contributed by atoms with Crippen LogP contribution in [0.1, 0.15) is 41.4 Å². The van der Waals surface area contributed by atoms with Crippen molar-refractivity contribution in [1.82, 2.24) is 0 Å². The Labute approximate surface area is 149 Å². The molecule has 1 unspecified atom stereocenters. The Bertz CT molecular complexity index is 804. The molecule has 0 amide bonds. The first-order valence-corrected chi connectivity index (χ1v) is 8.54. The fourth-order valence-electron chi connectivity index (χ4n) is 3.40. The van der Waals surface area contributed by atoms with Gasteiger partial charge in [-0.15, -0.1) is 0 Å². The molecule has 24 heavy (non-hydrogen) atoms. The predicted octanol–water partition coefficient (Wildman–Crippen LogP) is 5.11. The van der Waals surface area contributed by atoms with Crippen LogP contribution in [-0.4, -0.2) is 13.1 Å². The SMILES string of the molecule is COC(=O)c1cc(F)cc2c1NC(c1cccc(Br)c1)C(C)(C)C2. The van der Waals surface area contributed by atoms with Crippen molar-refractivity contribution in [3.63, 3.8) is 0 Å². The maximum atomic E-state index is 13.9. The monoisotopic (exact) mass is 391 g/mol. The number of nitrogens with one attached hydrogen (secondary N) is 1. The highest BCUT2D eigenvalue weighted by Gasteiger charge is 2.38. The van der Waals surface area contributed by atoms with Crippen LogP contribution >= 0.6 is 15.9 Å². The number of hydrogen-bond donors (Lipinski definition) is 1. The van der Waals surface area contributed by atoms with Gasteiger partial charge in [0.25, 0.3) is 0 Å². The Balaban J connectivity index is 2.11. The number of fused-ring (bicyclic) bond motifs is 1. The summed E-state index contributed by atoms with van der Waals surface area (Å²) in [6, 6.07) is 10.8. The Hall–Kier alpha value is -1.88. The highest BCUT2D eigenvalue weighted by molar-refractivity contribution is 9.10. The van der Waals surface area contributed by atoms with Gasteiger partial charge in [-0.05, 0) is 47.2 Å². The Morgan fingerprint density at radius 2 is 2.08 bits per heavy atom. The van der Waals surface area contributed by atoms with Gasteiger partial charge in [0.2, 0.25) is 0 Å². The van der Waals surface area contributed by atoms with Crippen molar-refractivity contribution in [3.8, 4) is 0 Å². The van der Waals surface area contributed by atoms with Crippen molar-refractivity contribution in [2.75, 3.05) is 12.4 Å². The fraction of sp³-hybridized carbons (Fsp3) is 0.316. The number of halogens is 2. The molecule has 3 rings (SSSR count). The van der Waals surface area contributed by atoms with E-state index >= 15 is 0 Å². The van der Waals surface area contributed by atoms with Crippen LogP contribution in [0.25, 0.3) is 0 Å². The first-order chi connectivity index (χ1) is 11.3. The standard InChI is InChI=1S/C19H19BrFNO2/c1-19(2)10-12-8-14(21)9-15(18(23)24-3)16(12)22-17(19)11-5-4-6-13(20)7-11/h4-9,17,22H,10H2,1-3H3. The largest absolute Gasteiger partial charge is 0.465 e. The number of rotatable bonds is 2. The van der Waals surface area contributed by atoms with Gasteiger partial charge >= 0.3 is 5.97 Å². The zero-order valence-electron chi connectivity index (χ0n) is 13.8. The number of methoxy groups -OCH3 is 1. The fourth-order valence-corrected chi connectivity index (χ4v) is 3.81. The van der Waals surface area contributed by atoms with Gasteiger partial charge in [-0.3, -0.25) is 0 Å². The third-order valence-electron chi connectivity index (χ3n) is 4.49. The van der Waals surface area contributed by atoms with Gasteiger partial charge in [-0.1, -0.05) is 41.9 Å². The van der Waals surface area contributed by atoms with E-state index < -0.39 is 11.8 Å². The molecule has 2 aromatic carbocycles. The van der Waals surface area contributed by atoms with Gasteiger partial charge in [0, 0.05) is 4.47 Å². The average Bonchev–Trinajstić information content (AvgIpc) is 2.51. The quantitative estimate of drug-likeness (QED) is 0.722. The molecule has 1 aliphatic heterocycles. The second kappa shape index (κ2) is 6.20. The van der Waals surface area contributed by atoms with Crippen molar-refractivity contribution in [3.05, 3.63) is 63.4 Å². The molecular weight excluding hydrogens is 373 g/mol. The summed E-state index contributed by atoms with van der Waals surface area (Å²) in [5.74, 6) is -0.960. The molecular formula is C19H19BrFNO2. The number of carbonyl (C=O) groups is 1. The van der Waals surface area contributed by atoms with Crippen molar-refractivity contribution in [2.45, 2.75) is 26.3 Å². The average molecular weight is 392 g/mol. The van der Waals surface area contributed by atoms with E-state index in [9.17, 15) is 9.18 Å². The predicted molar refractivity (Wildman–Crippen MR) is 95.7 cm³/mol.